The van der Waals surface area contributed by atoms with Gasteiger partial charge in [0, 0.05) is 23.4 Å². The van der Waals surface area contributed by atoms with Crippen LogP contribution in [0.3, 0.4) is 0 Å². The monoisotopic (exact) mass is 316 g/mol. The van der Waals surface area contributed by atoms with Crippen molar-refractivity contribution in [1.82, 2.24) is 10.3 Å². The lowest BCUT2D eigenvalue weighted by molar-refractivity contribution is -0.126. The van der Waals surface area contributed by atoms with Crippen molar-refractivity contribution in [2.75, 3.05) is 13.7 Å². The number of piperidine rings is 1. The number of nitrogens with one attached hydrogen (secondary N) is 1. The largest absolute Gasteiger partial charge is 0.497 e. The Hall–Kier alpha value is -2.37. The van der Waals surface area contributed by atoms with Crippen LogP contribution in [-0.4, -0.2) is 36.3 Å². The molecule has 2 aromatic rings. The number of carbonyl (C=O) groups is 1. The smallest absolute Gasteiger partial charge is 0.258 e. The number of alkyl halides is 1. The summed E-state index contributed by atoms with van der Waals surface area (Å²) in [6.07, 6.45) is 1.66. The molecule has 4 rings (SSSR count). The molecule has 5 nitrogen and oxygen atoms in total. The van der Waals surface area contributed by atoms with Crippen molar-refractivity contribution in [2.45, 2.75) is 18.6 Å². The molecule has 1 saturated carbocycles. The van der Waals surface area contributed by atoms with Crippen LogP contribution < -0.4 is 14.8 Å². The molecule has 0 bridgehead atoms. The van der Waals surface area contributed by atoms with Crippen LogP contribution in [-0.2, 0) is 4.79 Å². The van der Waals surface area contributed by atoms with Crippen LogP contribution in [0.2, 0.25) is 0 Å². The van der Waals surface area contributed by atoms with E-state index in [-0.39, 0.29) is 24.5 Å². The zero-order chi connectivity index (χ0) is 16.2. The molecule has 0 spiro atoms. The van der Waals surface area contributed by atoms with Crippen LogP contribution in [0.1, 0.15) is 6.92 Å². The van der Waals surface area contributed by atoms with Gasteiger partial charge in [-0.2, -0.15) is 0 Å². The second kappa shape index (κ2) is 4.81. The minimum Gasteiger partial charge on any atom is -0.497 e. The topological polar surface area (TPSA) is 60.5 Å². The van der Waals surface area contributed by atoms with Gasteiger partial charge in [0.2, 0.25) is 0 Å². The van der Waals surface area contributed by atoms with Gasteiger partial charge < -0.3 is 14.8 Å². The minimum absolute atomic E-state index is 0.237. The molecule has 6 heteroatoms. The van der Waals surface area contributed by atoms with E-state index in [2.05, 4.69) is 10.3 Å². The van der Waals surface area contributed by atoms with Gasteiger partial charge in [0.05, 0.1) is 18.7 Å². The Morgan fingerprint density at radius 1 is 1.39 bits per heavy atom. The SMILES string of the molecule is COc1ccc2nccc(OC[C@H]3NC(=O)[C@]4(F)C(C)[C@H]34)c2c1. The zero-order valence-corrected chi connectivity index (χ0v) is 12.9. The highest BCUT2D eigenvalue weighted by atomic mass is 19.1. The fourth-order valence-electron chi connectivity index (χ4n) is 3.60. The number of carbonyl (C=O) groups excluding carboxylic acids is 1. The molecule has 23 heavy (non-hydrogen) atoms. The number of halogens is 1. The summed E-state index contributed by atoms with van der Waals surface area (Å²) < 4.78 is 25.4. The van der Waals surface area contributed by atoms with Gasteiger partial charge in [-0.1, -0.05) is 6.92 Å². The van der Waals surface area contributed by atoms with Crippen molar-refractivity contribution < 1.29 is 18.7 Å². The highest BCUT2D eigenvalue weighted by Gasteiger charge is 2.75. The van der Waals surface area contributed by atoms with Crippen molar-refractivity contribution >= 4 is 16.8 Å². The number of nitrogens with zero attached hydrogens (tertiary/aromatic N) is 1. The molecule has 2 fully saturated rings. The summed E-state index contributed by atoms with van der Waals surface area (Å²) in [5.41, 5.74) is -0.907. The molecule has 120 valence electrons. The van der Waals surface area contributed by atoms with E-state index in [1.807, 2.05) is 18.2 Å². The Bertz CT molecular complexity index is 797. The van der Waals surface area contributed by atoms with E-state index in [1.54, 1.807) is 26.3 Å². The predicted octanol–water partition coefficient (Wildman–Crippen LogP) is 2.09. The first kappa shape index (κ1) is 14.2. The lowest BCUT2D eigenvalue weighted by atomic mass is 10.1. The molecule has 4 atom stereocenters. The number of ether oxygens (including phenoxy) is 2. The van der Waals surface area contributed by atoms with E-state index >= 15 is 0 Å². The Morgan fingerprint density at radius 2 is 2.22 bits per heavy atom. The average Bonchev–Trinajstić information content (AvgIpc) is 3.01. The third-order valence-electron chi connectivity index (χ3n) is 5.00. The normalized spacial score (nSPS) is 31.6. The molecule has 1 amide bonds. The number of hydrogen-bond donors (Lipinski definition) is 1. The molecule has 1 aliphatic heterocycles. The number of benzene rings is 1. The maximum absolute atomic E-state index is 14.3. The highest BCUT2D eigenvalue weighted by molar-refractivity contribution is 5.93. The zero-order valence-electron chi connectivity index (χ0n) is 12.9. The molecular formula is C17H17FN2O3. The van der Waals surface area contributed by atoms with Gasteiger partial charge in [0.15, 0.2) is 5.67 Å². The summed E-state index contributed by atoms with van der Waals surface area (Å²) in [6, 6.07) is 7.01. The van der Waals surface area contributed by atoms with Crippen molar-refractivity contribution in [3.05, 3.63) is 30.5 Å². The maximum atomic E-state index is 14.3. The first-order valence-electron chi connectivity index (χ1n) is 7.61. The van der Waals surface area contributed by atoms with E-state index in [0.29, 0.717) is 11.5 Å². The van der Waals surface area contributed by atoms with E-state index < -0.39 is 11.6 Å². The van der Waals surface area contributed by atoms with Gasteiger partial charge in [-0.15, -0.1) is 0 Å². The second-order valence-corrected chi connectivity index (χ2v) is 6.17. The van der Waals surface area contributed by atoms with Crippen molar-refractivity contribution in [3.63, 3.8) is 0 Å². The first-order valence-corrected chi connectivity index (χ1v) is 7.61. The lowest BCUT2D eigenvalue weighted by Gasteiger charge is -2.16. The van der Waals surface area contributed by atoms with Crippen LogP contribution >= 0.6 is 0 Å². The van der Waals surface area contributed by atoms with E-state index in [9.17, 15) is 9.18 Å². The van der Waals surface area contributed by atoms with Gasteiger partial charge >= 0.3 is 0 Å². The van der Waals surface area contributed by atoms with E-state index in [4.69, 9.17) is 9.47 Å². The molecule has 1 saturated heterocycles. The van der Waals surface area contributed by atoms with Crippen LogP contribution in [0.5, 0.6) is 11.5 Å². The van der Waals surface area contributed by atoms with Crippen molar-refractivity contribution in [3.8, 4) is 11.5 Å². The summed E-state index contributed by atoms with van der Waals surface area (Å²) in [7, 11) is 1.60. The Labute approximate surface area is 132 Å². The Kier molecular flexibility index (Phi) is 2.98. The molecule has 2 heterocycles. The third-order valence-corrected chi connectivity index (χ3v) is 5.00. The number of aromatic nitrogens is 1. The summed E-state index contributed by atoms with van der Waals surface area (Å²) in [4.78, 5) is 16.0. The van der Waals surface area contributed by atoms with Crippen LogP contribution in [0.15, 0.2) is 30.5 Å². The first-order chi connectivity index (χ1) is 11.1. The van der Waals surface area contributed by atoms with Gasteiger partial charge in [-0.05, 0) is 24.3 Å². The van der Waals surface area contributed by atoms with E-state index in [1.165, 1.54) is 0 Å². The fraction of sp³-hybridized carbons (Fsp3) is 0.412. The average molecular weight is 316 g/mol. The summed E-state index contributed by atoms with van der Waals surface area (Å²) in [5.74, 6) is 0.317. The van der Waals surface area contributed by atoms with Crippen molar-refractivity contribution in [1.29, 1.82) is 0 Å². The molecule has 2 aliphatic rings. The standard InChI is InChI=1S/C17H17FN2O3/c1-9-15-13(20-16(21)17(9,15)18)8-23-14-5-6-19-12-4-3-10(22-2)7-11(12)14/h3-7,9,13,15H,8H2,1-2H3,(H,20,21)/t9?,13-,15-,17+/m1/s1. The third kappa shape index (κ3) is 1.97. The number of rotatable bonds is 4. The summed E-state index contributed by atoms with van der Waals surface area (Å²) >= 11 is 0. The predicted molar refractivity (Wildman–Crippen MR) is 82.2 cm³/mol. The van der Waals surface area contributed by atoms with Gasteiger partial charge in [-0.3, -0.25) is 9.78 Å². The number of hydrogen-bond acceptors (Lipinski definition) is 4. The maximum Gasteiger partial charge on any atom is 0.258 e. The summed E-state index contributed by atoms with van der Waals surface area (Å²) in [6.45, 7) is 2.01. The van der Waals surface area contributed by atoms with E-state index in [0.717, 1.165) is 10.9 Å². The van der Waals surface area contributed by atoms with Crippen molar-refractivity contribution in [2.24, 2.45) is 11.8 Å². The van der Waals surface area contributed by atoms with Crippen LogP contribution in [0.4, 0.5) is 4.39 Å². The molecule has 1 unspecified atom stereocenters. The quantitative estimate of drug-likeness (QED) is 0.938. The number of amides is 1. The Morgan fingerprint density at radius 3 is 2.91 bits per heavy atom. The number of pyridine rings is 1. The molecule has 1 N–H and O–H groups in total. The molecule has 0 radical (unpaired) electrons. The minimum atomic E-state index is -1.70. The highest BCUT2D eigenvalue weighted by Crippen LogP contribution is 2.59. The van der Waals surface area contributed by atoms with Gasteiger partial charge in [0.25, 0.3) is 5.91 Å². The fourth-order valence-corrected chi connectivity index (χ4v) is 3.60. The summed E-state index contributed by atoms with van der Waals surface area (Å²) in [5, 5.41) is 3.51. The van der Waals surface area contributed by atoms with Gasteiger partial charge in [-0.25, -0.2) is 4.39 Å². The lowest BCUT2D eigenvalue weighted by Crippen LogP contribution is -2.38. The second-order valence-electron chi connectivity index (χ2n) is 6.17. The van der Waals surface area contributed by atoms with Crippen LogP contribution in [0.25, 0.3) is 10.9 Å². The van der Waals surface area contributed by atoms with Crippen LogP contribution in [0, 0.1) is 11.8 Å². The molecule has 1 aromatic carbocycles. The number of fused-ring (bicyclic) bond motifs is 2. The number of methoxy groups -OCH3 is 1. The molecule has 1 aromatic heterocycles. The Balaban J connectivity index is 1.56. The van der Waals surface area contributed by atoms with Gasteiger partial charge in [0.1, 0.15) is 18.1 Å². The molecule has 1 aliphatic carbocycles. The molecular weight excluding hydrogens is 299 g/mol.